The number of nitrogens with one attached hydrogen (secondary N) is 2. The Morgan fingerprint density at radius 3 is 2.50 bits per heavy atom. The maximum absolute atomic E-state index is 11.2. The van der Waals surface area contributed by atoms with Gasteiger partial charge in [0.05, 0.1) is 12.6 Å². The Kier molecular flexibility index (Phi) is 5.26. The molecule has 4 N–H and O–H groups in total. The molecule has 0 aliphatic carbocycles. The molecule has 78 valence electrons. The van der Waals surface area contributed by atoms with Crippen molar-refractivity contribution in [2.75, 3.05) is 6.54 Å². The van der Waals surface area contributed by atoms with Gasteiger partial charge in [-0.1, -0.05) is 13.8 Å². The third-order valence-corrected chi connectivity index (χ3v) is 1.64. The molecular weight excluding hydrogens is 184 g/mol. The summed E-state index contributed by atoms with van der Waals surface area (Å²) in [5, 5.41) is 12.3. The van der Waals surface area contributed by atoms with Crippen LogP contribution in [0.5, 0.6) is 0 Å². The Labute approximate surface area is 82.4 Å². The SMILES string of the molecule is CC(C)[C@H](N)C(=O)NCC(=O)NC#N. The summed E-state index contributed by atoms with van der Waals surface area (Å²) < 4.78 is 0. The molecule has 0 saturated carbocycles. The number of nitrogens with zero attached hydrogens (tertiary/aromatic N) is 1. The molecule has 0 aromatic heterocycles. The highest BCUT2D eigenvalue weighted by atomic mass is 16.2. The van der Waals surface area contributed by atoms with Gasteiger partial charge in [0.25, 0.3) is 5.91 Å². The summed E-state index contributed by atoms with van der Waals surface area (Å²) in [6.07, 6.45) is 1.46. The van der Waals surface area contributed by atoms with Gasteiger partial charge in [0, 0.05) is 0 Å². The predicted octanol–water partition coefficient (Wildman–Crippen LogP) is -1.32. The highest BCUT2D eigenvalue weighted by Crippen LogP contribution is 1.96. The molecule has 0 radical (unpaired) electrons. The Balaban J connectivity index is 3.86. The molecule has 0 heterocycles. The van der Waals surface area contributed by atoms with Gasteiger partial charge in [-0.05, 0) is 5.92 Å². The Bertz CT molecular complexity index is 257. The smallest absolute Gasteiger partial charge is 0.252 e. The van der Waals surface area contributed by atoms with Crippen molar-refractivity contribution >= 4 is 11.8 Å². The van der Waals surface area contributed by atoms with Gasteiger partial charge < -0.3 is 11.1 Å². The second-order valence-corrected chi connectivity index (χ2v) is 3.15. The number of carbonyl (C=O) groups is 2. The third-order valence-electron chi connectivity index (χ3n) is 1.64. The average Bonchev–Trinajstić information content (AvgIpc) is 2.13. The van der Waals surface area contributed by atoms with Crippen LogP contribution < -0.4 is 16.4 Å². The van der Waals surface area contributed by atoms with Crippen LogP contribution in [0.25, 0.3) is 0 Å². The molecule has 0 aliphatic heterocycles. The summed E-state index contributed by atoms with van der Waals surface area (Å²) in [7, 11) is 0. The topological polar surface area (TPSA) is 108 Å². The molecule has 0 aliphatic rings. The summed E-state index contributed by atoms with van der Waals surface area (Å²) in [6.45, 7) is 3.38. The number of hydrogen-bond acceptors (Lipinski definition) is 4. The first kappa shape index (κ1) is 12.4. The molecular formula is C8H14N4O2. The second-order valence-electron chi connectivity index (χ2n) is 3.15. The van der Waals surface area contributed by atoms with Crippen LogP contribution in [-0.4, -0.2) is 24.4 Å². The molecule has 2 amide bonds. The number of hydrogen-bond donors (Lipinski definition) is 3. The number of nitrogens with two attached hydrogens (primary N) is 1. The number of nitriles is 1. The fourth-order valence-electron chi connectivity index (χ4n) is 0.695. The molecule has 0 saturated heterocycles. The Morgan fingerprint density at radius 2 is 2.07 bits per heavy atom. The standard InChI is InChI=1S/C8H14N4O2/c1-5(2)7(10)8(14)11-3-6(13)12-4-9/h5,7H,3,10H2,1-2H3,(H,11,14)(H,12,13)/t7-/m0/s1. The molecule has 0 unspecified atom stereocenters. The molecule has 0 aromatic carbocycles. The molecule has 1 atom stereocenters. The minimum Gasteiger partial charge on any atom is -0.346 e. The van der Waals surface area contributed by atoms with Crippen LogP contribution in [0.3, 0.4) is 0 Å². The molecule has 0 fully saturated rings. The van der Waals surface area contributed by atoms with Gasteiger partial charge in [-0.3, -0.25) is 14.9 Å². The monoisotopic (exact) mass is 198 g/mol. The van der Waals surface area contributed by atoms with E-state index in [4.69, 9.17) is 11.0 Å². The Hall–Kier alpha value is -1.61. The predicted molar refractivity (Wildman–Crippen MR) is 49.6 cm³/mol. The molecule has 0 bridgehead atoms. The van der Waals surface area contributed by atoms with Crippen molar-refractivity contribution in [2.45, 2.75) is 19.9 Å². The summed E-state index contributed by atoms with van der Waals surface area (Å²) in [4.78, 5) is 21.9. The molecule has 0 spiro atoms. The fourth-order valence-corrected chi connectivity index (χ4v) is 0.695. The number of carbonyl (C=O) groups excluding carboxylic acids is 2. The van der Waals surface area contributed by atoms with Crippen molar-refractivity contribution in [3.63, 3.8) is 0 Å². The Morgan fingerprint density at radius 1 is 1.50 bits per heavy atom. The van der Waals surface area contributed by atoms with Gasteiger partial charge in [-0.2, -0.15) is 5.26 Å². The van der Waals surface area contributed by atoms with E-state index in [0.29, 0.717) is 0 Å². The molecule has 0 aromatic rings. The van der Waals surface area contributed by atoms with Crippen molar-refractivity contribution in [3.05, 3.63) is 0 Å². The lowest BCUT2D eigenvalue weighted by Gasteiger charge is -2.14. The lowest BCUT2D eigenvalue weighted by Crippen LogP contribution is -2.46. The maximum atomic E-state index is 11.2. The van der Waals surface area contributed by atoms with Crippen molar-refractivity contribution in [1.29, 1.82) is 5.26 Å². The van der Waals surface area contributed by atoms with E-state index in [-0.39, 0.29) is 12.5 Å². The van der Waals surface area contributed by atoms with Gasteiger partial charge in [-0.25, -0.2) is 0 Å². The zero-order valence-electron chi connectivity index (χ0n) is 8.20. The normalized spacial score (nSPS) is 11.6. The van der Waals surface area contributed by atoms with Crippen LogP contribution in [0.4, 0.5) is 0 Å². The third kappa shape index (κ3) is 4.42. The lowest BCUT2D eigenvalue weighted by atomic mass is 10.1. The van der Waals surface area contributed by atoms with Gasteiger partial charge in [0.15, 0.2) is 6.19 Å². The van der Waals surface area contributed by atoms with Crippen molar-refractivity contribution in [3.8, 4) is 6.19 Å². The zero-order valence-corrected chi connectivity index (χ0v) is 8.20. The minimum absolute atomic E-state index is 0.00836. The van der Waals surface area contributed by atoms with Crippen molar-refractivity contribution in [1.82, 2.24) is 10.6 Å². The van der Waals surface area contributed by atoms with E-state index in [9.17, 15) is 9.59 Å². The van der Waals surface area contributed by atoms with Crippen molar-refractivity contribution in [2.24, 2.45) is 11.7 Å². The first-order valence-corrected chi connectivity index (χ1v) is 4.20. The van der Waals surface area contributed by atoms with Crippen LogP contribution in [0.1, 0.15) is 13.8 Å². The lowest BCUT2D eigenvalue weighted by molar-refractivity contribution is -0.126. The molecule has 14 heavy (non-hydrogen) atoms. The molecule has 6 nitrogen and oxygen atoms in total. The second kappa shape index (κ2) is 5.94. The van der Waals surface area contributed by atoms with Crippen LogP contribution in [0.2, 0.25) is 0 Å². The summed E-state index contributed by atoms with van der Waals surface area (Å²) >= 11 is 0. The van der Waals surface area contributed by atoms with Crippen LogP contribution in [-0.2, 0) is 9.59 Å². The molecule has 6 heteroatoms. The van der Waals surface area contributed by atoms with Gasteiger partial charge in [-0.15, -0.1) is 0 Å². The summed E-state index contributed by atoms with van der Waals surface area (Å²) in [5.41, 5.74) is 5.51. The highest BCUT2D eigenvalue weighted by molar-refractivity contribution is 5.87. The van der Waals surface area contributed by atoms with E-state index in [2.05, 4.69) is 5.32 Å². The minimum atomic E-state index is -0.634. The van der Waals surface area contributed by atoms with Crippen molar-refractivity contribution < 1.29 is 9.59 Å². The van der Waals surface area contributed by atoms with E-state index in [1.165, 1.54) is 6.19 Å². The van der Waals surface area contributed by atoms with Crippen LogP contribution in [0, 0.1) is 17.4 Å². The summed E-state index contributed by atoms with van der Waals surface area (Å²) in [5.74, 6) is -0.945. The van der Waals surface area contributed by atoms with E-state index < -0.39 is 17.9 Å². The zero-order chi connectivity index (χ0) is 11.1. The van der Waals surface area contributed by atoms with Gasteiger partial charge in [0.2, 0.25) is 5.91 Å². The number of amides is 2. The van der Waals surface area contributed by atoms with Gasteiger partial charge >= 0.3 is 0 Å². The van der Waals surface area contributed by atoms with E-state index >= 15 is 0 Å². The van der Waals surface area contributed by atoms with E-state index in [1.54, 1.807) is 13.8 Å². The van der Waals surface area contributed by atoms with Crippen LogP contribution in [0.15, 0.2) is 0 Å². The quantitative estimate of drug-likeness (QED) is 0.384. The first-order valence-electron chi connectivity index (χ1n) is 4.20. The van der Waals surface area contributed by atoms with Crippen LogP contribution >= 0.6 is 0 Å². The average molecular weight is 198 g/mol. The fraction of sp³-hybridized carbons (Fsp3) is 0.625. The largest absolute Gasteiger partial charge is 0.346 e. The maximum Gasteiger partial charge on any atom is 0.252 e. The number of rotatable bonds is 4. The summed E-state index contributed by atoms with van der Waals surface area (Å²) in [6, 6.07) is -0.634. The highest BCUT2D eigenvalue weighted by Gasteiger charge is 2.17. The molecule has 0 rings (SSSR count). The van der Waals surface area contributed by atoms with E-state index in [1.807, 2.05) is 5.32 Å². The van der Waals surface area contributed by atoms with Gasteiger partial charge in [0.1, 0.15) is 0 Å². The first-order chi connectivity index (χ1) is 6.49. The van der Waals surface area contributed by atoms with E-state index in [0.717, 1.165) is 0 Å².